The summed E-state index contributed by atoms with van der Waals surface area (Å²) in [4.78, 5) is 26.1. The molecule has 1 aromatic rings. The van der Waals surface area contributed by atoms with Crippen LogP contribution in [0.3, 0.4) is 0 Å². The molecule has 0 bridgehead atoms. The van der Waals surface area contributed by atoms with Gasteiger partial charge in [-0.3, -0.25) is 4.79 Å². The summed E-state index contributed by atoms with van der Waals surface area (Å²) in [5, 5.41) is 14.7. The maximum atomic E-state index is 11.7. The summed E-state index contributed by atoms with van der Waals surface area (Å²) in [6.45, 7) is 0.684. The van der Waals surface area contributed by atoms with Gasteiger partial charge in [-0.15, -0.1) is 0 Å². The second-order valence-corrected chi connectivity index (χ2v) is 5.00. The normalized spacial score (nSPS) is 15.2. The molecular formula is C14H19N3O3. The number of carbonyl (C=O) groups is 2. The topological polar surface area (TPSA) is 91.3 Å². The first-order valence-corrected chi connectivity index (χ1v) is 6.83. The summed E-state index contributed by atoms with van der Waals surface area (Å²) in [7, 11) is 0. The van der Waals surface area contributed by atoms with Gasteiger partial charge in [0, 0.05) is 18.8 Å². The number of aromatic nitrogens is 1. The van der Waals surface area contributed by atoms with Crippen LogP contribution in [0.1, 0.15) is 41.7 Å². The average Bonchev–Trinajstić information content (AvgIpc) is 2.96. The van der Waals surface area contributed by atoms with Gasteiger partial charge in [0.2, 0.25) is 5.91 Å². The molecule has 0 radical (unpaired) electrons. The van der Waals surface area contributed by atoms with Crippen LogP contribution in [-0.2, 0) is 11.3 Å². The van der Waals surface area contributed by atoms with Gasteiger partial charge in [-0.25, -0.2) is 9.78 Å². The van der Waals surface area contributed by atoms with Gasteiger partial charge in [-0.1, -0.05) is 18.9 Å². The summed E-state index contributed by atoms with van der Waals surface area (Å²) in [6.07, 6.45) is 6.23. The first-order chi connectivity index (χ1) is 9.65. The number of carboxylic acid groups (broad SMARTS) is 1. The van der Waals surface area contributed by atoms with Gasteiger partial charge in [0.25, 0.3) is 0 Å². The summed E-state index contributed by atoms with van der Waals surface area (Å²) in [5.74, 6) is -1.11. The molecule has 0 spiro atoms. The zero-order chi connectivity index (χ0) is 14.4. The first-order valence-electron chi connectivity index (χ1n) is 6.83. The van der Waals surface area contributed by atoms with Gasteiger partial charge in [0.15, 0.2) is 0 Å². The van der Waals surface area contributed by atoms with E-state index >= 15 is 0 Å². The number of nitrogens with zero attached hydrogens (tertiary/aromatic N) is 1. The molecule has 1 aliphatic rings. The van der Waals surface area contributed by atoms with Gasteiger partial charge in [-0.2, -0.15) is 0 Å². The minimum Gasteiger partial charge on any atom is -0.477 e. The van der Waals surface area contributed by atoms with Crippen molar-refractivity contribution >= 4 is 11.9 Å². The molecule has 1 heterocycles. The molecule has 0 saturated heterocycles. The molecule has 2 rings (SSSR count). The van der Waals surface area contributed by atoms with Crippen LogP contribution in [0.5, 0.6) is 0 Å². The molecule has 3 N–H and O–H groups in total. The Labute approximate surface area is 117 Å². The van der Waals surface area contributed by atoms with Crippen molar-refractivity contribution in [3.8, 4) is 0 Å². The Balaban J connectivity index is 1.70. The molecule has 1 fully saturated rings. The number of pyridine rings is 1. The summed E-state index contributed by atoms with van der Waals surface area (Å²) in [6, 6.07) is 3.55. The van der Waals surface area contributed by atoms with E-state index in [1.807, 2.05) is 0 Å². The van der Waals surface area contributed by atoms with E-state index in [4.69, 9.17) is 5.11 Å². The molecule has 0 atom stereocenters. The van der Waals surface area contributed by atoms with E-state index in [1.165, 1.54) is 25.1 Å². The van der Waals surface area contributed by atoms with Crippen molar-refractivity contribution in [2.75, 3.05) is 6.54 Å². The number of hydrogen-bond acceptors (Lipinski definition) is 4. The van der Waals surface area contributed by atoms with Gasteiger partial charge < -0.3 is 15.7 Å². The summed E-state index contributed by atoms with van der Waals surface area (Å²) >= 11 is 0. The number of rotatable bonds is 6. The van der Waals surface area contributed by atoms with Gasteiger partial charge in [0.05, 0.1) is 6.54 Å². The Hall–Kier alpha value is -1.95. The molecule has 0 aromatic carbocycles. The van der Waals surface area contributed by atoms with Crippen molar-refractivity contribution in [3.63, 3.8) is 0 Å². The van der Waals surface area contributed by atoms with E-state index < -0.39 is 5.97 Å². The van der Waals surface area contributed by atoms with Crippen LogP contribution >= 0.6 is 0 Å². The lowest BCUT2D eigenvalue weighted by Gasteiger charge is -2.11. The SMILES string of the molecule is O=C(CNC1CCCC1)NCc1ccc(C(=O)O)nc1. The molecule has 1 aliphatic carbocycles. The third-order valence-electron chi connectivity index (χ3n) is 3.44. The van der Waals surface area contributed by atoms with Crippen LogP contribution in [-0.4, -0.2) is 34.6 Å². The lowest BCUT2D eigenvalue weighted by molar-refractivity contribution is -0.120. The van der Waals surface area contributed by atoms with E-state index in [9.17, 15) is 9.59 Å². The molecule has 6 nitrogen and oxygen atoms in total. The van der Waals surface area contributed by atoms with Gasteiger partial charge >= 0.3 is 5.97 Å². The monoisotopic (exact) mass is 277 g/mol. The number of hydrogen-bond donors (Lipinski definition) is 3. The summed E-state index contributed by atoms with van der Waals surface area (Å²) in [5.41, 5.74) is 0.784. The van der Waals surface area contributed by atoms with Crippen LogP contribution in [0.2, 0.25) is 0 Å². The number of nitrogens with one attached hydrogen (secondary N) is 2. The first kappa shape index (κ1) is 14.5. The Morgan fingerprint density at radius 3 is 2.65 bits per heavy atom. The lowest BCUT2D eigenvalue weighted by atomic mass is 10.2. The Kier molecular flexibility index (Phi) is 5.06. The highest BCUT2D eigenvalue weighted by molar-refractivity contribution is 5.85. The fourth-order valence-electron chi connectivity index (χ4n) is 2.29. The third kappa shape index (κ3) is 4.31. The second-order valence-electron chi connectivity index (χ2n) is 5.00. The molecular weight excluding hydrogens is 258 g/mol. The molecule has 20 heavy (non-hydrogen) atoms. The van der Waals surface area contributed by atoms with Crippen molar-refractivity contribution in [2.45, 2.75) is 38.3 Å². The number of amides is 1. The van der Waals surface area contributed by atoms with E-state index in [0.717, 1.165) is 18.4 Å². The van der Waals surface area contributed by atoms with E-state index in [0.29, 0.717) is 19.1 Å². The predicted molar refractivity (Wildman–Crippen MR) is 73.3 cm³/mol. The molecule has 0 aliphatic heterocycles. The van der Waals surface area contributed by atoms with Crippen LogP contribution in [0.4, 0.5) is 0 Å². The molecule has 6 heteroatoms. The average molecular weight is 277 g/mol. The highest BCUT2D eigenvalue weighted by atomic mass is 16.4. The van der Waals surface area contributed by atoms with E-state index in [2.05, 4.69) is 15.6 Å². The predicted octanol–water partition coefficient (Wildman–Crippen LogP) is 0.928. The molecule has 1 saturated carbocycles. The van der Waals surface area contributed by atoms with Crippen molar-refractivity contribution in [2.24, 2.45) is 0 Å². The molecule has 1 amide bonds. The standard InChI is InChI=1S/C14H19N3O3/c18-13(9-15-11-3-1-2-4-11)17-8-10-5-6-12(14(19)20)16-7-10/h5-7,11,15H,1-4,8-9H2,(H,17,18)(H,19,20). The maximum Gasteiger partial charge on any atom is 0.354 e. The quantitative estimate of drug-likeness (QED) is 0.719. The minimum absolute atomic E-state index is 0.00276. The summed E-state index contributed by atoms with van der Waals surface area (Å²) < 4.78 is 0. The zero-order valence-electron chi connectivity index (χ0n) is 11.3. The van der Waals surface area contributed by atoms with Crippen molar-refractivity contribution in [1.29, 1.82) is 0 Å². The zero-order valence-corrected chi connectivity index (χ0v) is 11.3. The smallest absolute Gasteiger partial charge is 0.354 e. The van der Waals surface area contributed by atoms with Crippen LogP contribution < -0.4 is 10.6 Å². The Bertz CT molecular complexity index is 467. The fraction of sp³-hybridized carbons (Fsp3) is 0.500. The van der Waals surface area contributed by atoms with Crippen LogP contribution in [0, 0.1) is 0 Å². The highest BCUT2D eigenvalue weighted by Gasteiger charge is 2.15. The van der Waals surface area contributed by atoms with Crippen LogP contribution in [0.25, 0.3) is 0 Å². The maximum absolute atomic E-state index is 11.7. The van der Waals surface area contributed by atoms with Gasteiger partial charge in [0.1, 0.15) is 5.69 Å². The molecule has 108 valence electrons. The third-order valence-corrected chi connectivity index (χ3v) is 3.44. The molecule has 0 unspecified atom stereocenters. The number of carboxylic acids is 1. The molecule has 1 aromatic heterocycles. The Morgan fingerprint density at radius 1 is 1.30 bits per heavy atom. The van der Waals surface area contributed by atoms with Crippen molar-refractivity contribution < 1.29 is 14.7 Å². The number of aromatic carboxylic acids is 1. The minimum atomic E-state index is -1.05. The largest absolute Gasteiger partial charge is 0.477 e. The Morgan fingerprint density at radius 2 is 2.05 bits per heavy atom. The highest BCUT2D eigenvalue weighted by Crippen LogP contribution is 2.17. The van der Waals surface area contributed by atoms with Crippen LogP contribution in [0.15, 0.2) is 18.3 Å². The van der Waals surface area contributed by atoms with E-state index in [-0.39, 0.29) is 11.6 Å². The van der Waals surface area contributed by atoms with Crippen molar-refractivity contribution in [3.05, 3.63) is 29.6 Å². The van der Waals surface area contributed by atoms with E-state index in [1.54, 1.807) is 6.07 Å². The second kappa shape index (κ2) is 7.00. The fourth-order valence-corrected chi connectivity index (χ4v) is 2.29. The van der Waals surface area contributed by atoms with Gasteiger partial charge in [-0.05, 0) is 24.5 Å². The van der Waals surface area contributed by atoms with Crippen molar-refractivity contribution in [1.82, 2.24) is 15.6 Å². The number of carbonyl (C=O) groups excluding carboxylic acids is 1. The lowest BCUT2D eigenvalue weighted by Crippen LogP contribution is -2.37.